The quantitative estimate of drug-likeness (QED) is 0.331. The molecule has 0 N–H and O–H groups in total. The number of epoxide rings is 1. The van der Waals surface area contributed by atoms with Crippen LogP contribution in [0.1, 0.15) is 19.8 Å². The molecule has 0 aromatic carbocycles. The third-order valence-electron chi connectivity index (χ3n) is 1.34. The SMILES string of the molecule is CCCCOC(=O)[C@@H]1CO1. The number of carbonyl (C=O) groups is 1. The fourth-order valence-corrected chi connectivity index (χ4v) is 0.594. The van der Waals surface area contributed by atoms with Crippen molar-refractivity contribution < 1.29 is 14.3 Å². The van der Waals surface area contributed by atoms with Crippen LogP contribution in [0, 0.1) is 0 Å². The zero-order valence-corrected chi connectivity index (χ0v) is 6.13. The number of hydrogen-bond donors (Lipinski definition) is 0. The highest BCUT2D eigenvalue weighted by molar-refractivity contribution is 5.76. The summed E-state index contributed by atoms with van der Waals surface area (Å²) in [6.45, 7) is 3.14. The second kappa shape index (κ2) is 3.56. The lowest BCUT2D eigenvalue weighted by Crippen LogP contribution is -2.11. The van der Waals surface area contributed by atoms with Crippen molar-refractivity contribution in [3.05, 3.63) is 0 Å². The van der Waals surface area contributed by atoms with Crippen LogP contribution in [0.2, 0.25) is 0 Å². The van der Waals surface area contributed by atoms with Crippen LogP contribution in [0.5, 0.6) is 0 Å². The Hall–Kier alpha value is -0.570. The van der Waals surface area contributed by atoms with Gasteiger partial charge in [0.2, 0.25) is 0 Å². The molecule has 0 amide bonds. The molecule has 1 aliphatic heterocycles. The maximum Gasteiger partial charge on any atom is 0.337 e. The van der Waals surface area contributed by atoms with Gasteiger partial charge in [0.15, 0.2) is 6.10 Å². The summed E-state index contributed by atoms with van der Waals surface area (Å²) in [5, 5.41) is 0. The summed E-state index contributed by atoms with van der Waals surface area (Å²) < 4.78 is 9.57. The van der Waals surface area contributed by atoms with Crippen LogP contribution >= 0.6 is 0 Å². The first-order valence-electron chi connectivity index (χ1n) is 3.63. The molecule has 1 heterocycles. The molecule has 1 rings (SSSR count). The van der Waals surface area contributed by atoms with E-state index in [1.807, 2.05) is 0 Å². The summed E-state index contributed by atoms with van der Waals surface area (Å²) >= 11 is 0. The summed E-state index contributed by atoms with van der Waals surface area (Å²) in [5.74, 6) is -0.201. The van der Waals surface area contributed by atoms with Crippen molar-refractivity contribution in [1.82, 2.24) is 0 Å². The van der Waals surface area contributed by atoms with E-state index in [4.69, 9.17) is 9.47 Å². The first kappa shape index (κ1) is 7.54. The number of hydrogen-bond acceptors (Lipinski definition) is 3. The summed E-state index contributed by atoms with van der Waals surface area (Å²) in [6.07, 6.45) is 1.76. The van der Waals surface area contributed by atoms with Gasteiger partial charge >= 0.3 is 5.97 Å². The normalized spacial score (nSPS) is 22.3. The Morgan fingerprint density at radius 1 is 1.80 bits per heavy atom. The Kier molecular flexibility index (Phi) is 2.68. The van der Waals surface area contributed by atoms with Gasteiger partial charge in [-0.2, -0.15) is 0 Å². The maximum absolute atomic E-state index is 10.7. The average molecular weight is 144 g/mol. The number of esters is 1. The third kappa shape index (κ3) is 2.35. The van der Waals surface area contributed by atoms with Crippen molar-refractivity contribution in [2.24, 2.45) is 0 Å². The van der Waals surface area contributed by atoms with Crippen molar-refractivity contribution in [3.63, 3.8) is 0 Å². The highest BCUT2D eigenvalue weighted by Crippen LogP contribution is 2.10. The minimum Gasteiger partial charge on any atom is -0.464 e. The highest BCUT2D eigenvalue weighted by Gasteiger charge is 2.32. The predicted octanol–water partition coefficient (Wildman–Crippen LogP) is 0.729. The molecule has 1 aliphatic rings. The molecule has 1 atom stereocenters. The lowest BCUT2D eigenvalue weighted by Gasteiger charge is -1.99. The van der Waals surface area contributed by atoms with E-state index < -0.39 is 0 Å². The molecule has 0 unspecified atom stereocenters. The average Bonchev–Trinajstić information content (AvgIpc) is 2.69. The van der Waals surface area contributed by atoms with E-state index in [9.17, 15) is 4.79 Å². The van der Waals surface area contributed by atoms with Gasteiger partial charge in [0.25, 0.3) is 0 Å². The Bertz CT molecular complexity index is 118. The standard InChI is InChI=1S/C7H12O3/c1-2-3-4-9-7(8)6-5-10-6/h6H,2-5H2,1H3/t6-/m0/s1. The molecule has 0 bridgehead atoms. The van der Waals surface area contributed by atoms with Gasteiger partial charge in [-0.3, -0.25) is 0 Å². The molecule has 1 saturated heterocycles. The van der Waals surface area contributed by atoms with Gasteiger partial charge < -0.3 is 9.47 Å². The topological polar surface area (TPSA) is 38.8 Å². The maximum atomic E-state index is 10.7. The predicted molar refractivity (Wildman–Crippen MR) is 35.6 cm³/mol. The van der Waals surface area contributed by atoms with Crippen molar-refractivity contribution in [3.8, 4) is 0 Å². The van der Waals surface area contributed by atoms with Crippen LogP contribution < -0.4 is 0 Å². The van der Waals surface area contributed by atoms with Crippen molar-refractivity contribution in [1.29, 1.82) is 0 Å². The molecular weight excluding hydrogens is 132 g/mol. The molecule has 0 radical (unpaired) electrons. The molecular formula is C7H12O3. The van der Waals surface area contributed by atoms with Crippen LogP contribution in [0.15, 0.2) is 0 Å². The Balaban J connectivity index is 1.95. The van der Waals surface area contributed by atoms with Crippen LogP contribution in [0.3, 0.4) is 0 Å². The Morgan fingerprint density at radius 2 is 2.50 bits per heavy atom. The molecule has 1 fully saturated rings. The van der Waals surface area contributed by atoms with Gasteiger partial charge in [0, 0.05) is 0 Å². The molecule has 10 heavy (non-hydrogen) atoms. The van der Waals surface area contributed by atoms with Crippen LogP contribution in [0.25, 0.3) is 0 Å². The van der Waals surface area contributed by atoms with Gasteiger partial charge in [0.1, 0.15) is 0 Å². The van der Waals surface area contributed by atoms with Crippen molar-refractivity contribution >= 4 is 5.97 Å². The zero-order chi connectivity index (χ0) is 7.40. The van der Waals surface area contributed by atoms with Gasteiger partial charge in [-0.25, -0.2) is 4.79 Å². The highest BCUT2D eigenvalue weighted by atomic mass is 16.6. The Morgan fingerprint density at radius 3 is 3.00 bits per heavy atom. The first-order valence-corrected chi connectivity index (χ1v) is 3.63. The molecule has 58 valence electrons. The van der Waals surface area contributed by atoms with E-state index >= 15 is 0 Å². The van der Waals surface area contributed by atoms with Crippen molar-refractivity contribution in [2.75, 3.05) is 13.2 Å². The molecule has 0 aromatic rings. The summed E-state index contributed by atoms with van der Waals surface area (Å²) in [4.78, 5) is 10.7. The van der Waals surface area contributed by atoms with Gasteiger partial charge in [0.05, 0.1) is 13.2 Å². The van der Waals surface area contributed by atoms with E-state index in [2.05, 4.69) is 6.92 Å². The molecule has 0 aromatic heterocycles. The molecule has 0 spiro atoms. The number of unbranched alkanes of at least 4 members (excludes halogenated alkanes) is 1. The Labute approximate surface area is 60.3 Å². The summed E-state index contributed by atoms with van der Waals surface area (Å²) in [5.41, 5.74) is 0. The summed E-state index contributed by atoms with van der Waals surface area (Å²) in [7, 11) is 0. The largest absolute Gasteiger partial charge is 0.464 e. The molecule has 0 saturated carbocycles. The second-order valence-electron chi connectivity index (χ2n) is 2.34. The van der Waals surface area contributed by atoms with Gasteiger partial charge in [-0.15, -0.1) is 0 Å². The lowest BCUT2D eigenvalue weighted by atomic mass is 10.4. The minimum absolute atomic E-state index is 0.201. The zero-order valence-electron chi connectivity index (χ0n) is 6.13. The fraction of sp³-hybridized carbons (Fsp3) is 0.857. The van der Waals surface area contributed by atoms with E-state index in [0.29, 0.717) is 13.2 Å². The van der Waals surface area contributed by atoms with Gasteiger partial charge in [-0.05, 0) is 6.42 Å². The second-order valence-corrected chi connectivity index (χ2v) is 2.34. The van der Waals surface area contributed by atoms with Gasteiger partial charge in [-0.1, -0.05) is 13.3 Å². The lowest BCUT2D eigenvalue weighted by molar-refractivity contribution is -0.145. The van der Waals surface area contributed by atoms with Crippen molar-refractivity contribution in [2.45, 2.75) is 25.9 Å². The smallest absolute Gasteiger partial charge is 0.337 e. The van der Waals surface area contributed by atoms with Crippen LogP contribution in [-0.2, 0) is 14.3 Å². The number of rotatable bonds is 4. The van der Waals surface area contributed by atoms with E-state index in [1.54, 1.807) is 0 Å². The molecule has 0 aliphatic carbocycles. The number of carbonyl (C=O) groups excluding carboxylic acids is 1. The number of ether oxygens (including phenoxy) is 2. The molecule has 3 heteroatoms. The van der Waals surface area contributed by atoms with Crippen LogP contribution in [-0.4, -0.2) is 25.3 Å². The van der Waals surface area contributed by atoms with E-state index in [1.165, 1.54) is 0 Å². The summed E-state index contributed by atoms with van der Waals surface area (Å²) in [6, 6.07) is 0. The first-order chi connectivity index (χ1) is 4.84. The third-order valence-corrected chi connectivity index (χ3v) is 1.34. The van der Waals surface area contributed by atoms with E-state index in [0.717, 1.165) is 12.8 Å². The monoisotopic (exact) mass is 144 g/mol. The van der Waals surface area contributed by atoms with Crippen LogP contribution in [0.4, 0.5) is 0 Å². The fourth-order valence-electron chi connectivity index (χ4n) is 0.594. The minimum atomic E-state index is -0.239. The van der Waals surface area contributed by atoms with E-state index in [-0.39, 0.29) is 12.1 Å². The molecule has 3 nitrogen and oxygen atoms in total.